The molecule has 0 radical (unpaired) electrons. The van der Waals surface area contributed by atoms with Crippen molar-refractivity contribution in [1.82, 2.24) is 0 Å². The summed E-state index contributed by atoms with van der Waals surface area (Å²) in [5.74, 6) is -0.135. The van der Waals surface area contributed by atoms with Crippen LogP contribution in [0.2, 0.25) is 0 Å². The van der Waals surface area contributed by atoms with Gasteiger partial charge in [0, 0.05) is 18.0 Å². The monoisotopic (exact) mass is 207 g/mol. The van der Waals surface area contributed by atoms with Crippen molar-refractivity contribution in [3.63, 3.8) is 0 Å². The second kappa shape index (κ2) is 5.34. The molecule has 0 aliphatic carbocycles. The Bertz CT molecular complexity index is 336. The molecule has 0 bridgehead atoms. The number of aliphatic hydroxyl groups excluding tert-OH is 1. The van der Waals surface area contributed by atoms with Crippen LogP contribution in [0.25, 0.3) is 0 Å². The summed E-state index contributed by atoms with van der Waals surface area (Å²) < 4.78 is 0. The first kappa shape index (κ1) is 11.5. The van der Waals surface area contributed by atoms with Crippen LogP contribution in [0.15, 0.2) is 33.2 Å². The maximum atomic E-state index is 9.22. The molecule has 0 fully saturated rings. The third-order valence-electron chi connectivity index (χ3n) is 2.32. The van der Waals surface area contributed by atoms with Crippen molar-refractivity contribution in [2.24, 2.45) is 15.7 Å². The summed E-state index contributed by atoms with van der Waals surface area (Å²) in [5, 5.41) is 9.22. The summed E-state index contributed by atoms with van der Waals surface area (Å²) >= 11 is 0. The van der Waals surface area contributed by atoms with Crippen molar-refractivity contribution in [1.29, 1.82) is 0 Å². The highest BCUT2D eigenvalue weighted by Crippen LogP contribution is 2.18. The van der Waals surface area contributed by atoms with E-state index < -0.39 is 0 Å². The van der Waals surface area contributed by atoms with Gasteiger partial charge in [0.1, 0.15) is 0 Å². The average molecular weight is 207 g/mol. The van der Waals surface area contributed by atoms with Crippen molar-refractivity contribution in [3.8, 4) is 0 Å². The van der Waals surface area contributed by atoms with Gasteiger partial charge in [0.2, 0.25) is 0 Å². The molecule has 0 aromatic rings. The third kappa shape index (κ3) is 2.94. The number of nitrogens with zero attached hydrogens (tertiary/aromatic N) is 2. The van der Waals surface area contributed by atoms with Gasteiger partial charge in [0.05, 0.1) is 11.7 Å². The molecule has 0 amide bonds. The van der Waals surface area contributed by atoms with Crippen molar-refractivity contribution in [2.75, 3.05) is 0 Å². The first-order valence-corrected chi connectivity index (χ1v) is 5.14. The van der Waals surface area contributed by atoms with Gasteiger partial charge in [-0.3, -0.25) is 9.98 Å². The normalized spacial score (nSPS) is 24.4. The lowest BCUT2D eigenvalue weighted by molar-refractivity contribution is 0.398. The standard InChI is InChI=1S/C11H17N3O/c1-3-8(11(12)15)7-10-9(4-2)13-5-6-14-10/h5-7,9,15H,3-4,12H2,1-2H3/b10-7+,11-8+. The van der Waals surface area contributed by atoms with E-state index in [0.29, 0.717) is 12.0 Å². The van der Waals surface area contributed by atoms with Crippen LogP contribution >= 0.6 is 0 Å². The van der Waals surface area contributed by atoms with Crippen molar-refractivity contribution < 1.29 is 5.11 Å². The fourth-order valence-corrected chi connectivity index (χ4v) is 1.41. The van der Waals surface area contributed by atoms with Gasteiger partial charge < -0.3 is 10.8 Å². The highest BCUT2D eigenvalue weighted by atomic mass is 16.3. The van der Waals surface area contributed by atoms with Crippen LogP contribution in [0.4, 0.5) is 0 Å². The minimum Gasteiger partial charge on any atom is -0.495 e. The van der Waals surface area contributed by atoms with Gasteiger partial charge in [0.25, 0.3) is 0 Å². The highest BCUT2D eigenvalue weighted by Gasteiger charge is 2.12. The zero-order chi connectivity index (χ0) is 11.3. The number of hydrogen-bond acceptors (Lipinski definition) is 4. The van der Waals surface area contributed by atoms with Crippen molar-refractivity contribution in [2.45, 2.75) is 32.7 Å². The second-order valence-electron chi connectivity index (χ2n) is 3.33. The summed E-state index contributed by atoms with van der Waals surface area (Å²) in [6, 6.07) is 0.0795. The van der Waals surface area contributed by atoms with Gasteiger partial charge in [-0.15, -0.1) is 0 Å². The predicted molar refractivity (Wildman–Crippen MR) is 63.3 cm³/mol. The fourth-order valence-electron chi connectivity index (χ4n) is 1.41. The number of aliphatic imine (C=N–C) groups is 2. The lowest BCUT2D eigenvalue weighted by Crippen LogP contribution is -2.11. The molecule has 0 aromatic carbocycles. The Morgan fingerprint density at radius 1 is 1.53 bits per heavy atom. The molecule has 1 aliphatic heterocycles. The van der Waals surface area contributed by atoms with Crippen LogP contribution in [0.1, 0.15) is 26.7 Å². The third-order valence-corrected chi connectivity index (χ3v) is 2.32. The minimum absolute atomic E-state index is 0.0795. The van der Waals surface area contributed by atoms with E-state index in [1.54, 1.807) is 12.4 Å². The van der Waals surface area contributed by atoms with E-state index in [0.717, 1.165) is 12.1 Å². The smallest absolute Gasteiger partial charge is 0.184 e. The van der Waals surface area contributed by atoms with E-state index in [4.69, 9.17) is 5.73 Å². The summed E-state index contributed by atoms with van der Waals surface area (Å²) in [7, 11) is 0. The Labute approximate surface area is 89.9 Å². The quantitative estimate of drug-likeness (QED) is 0.694. The SMILES string of the molecule is CCC(/C=C1/N=CC=NC1CC)=C(/N)O. The molecule has 82 valence electrons. The van der Waals surface area contributed by atoms with Gasteiger partial charge in [-0.1, -0.05) is 13.8 Å². The maximum Gasteiger partial charge on any atom is 0.184 e. The molecule has 0 saturated heterocycles. The molecule has 1 rings (SSSR count). The van der Waals surface area contributed by atoms with Crippen molar-refractivity contribution in [3.05, 3.63) is 23.2 Å². The Morgan fingerprint density at radius 3 is 2.80 bits per heavy atom. The van der Waals surface area contributed by atoms with Crippen LogP contribution in [-0.2, 0) is 0 Å². The van der Waals surface area contributed by atoms with Gasteiger partial charge in [-0.25, -0.2) is 0 Å². The van der Waals surface area contributed by atoms with E-state index in [1.165, 1.54) is 0 Å². The zero-order valence-corrected chi connectivity index (χ0v) is 9.14. The van der Waals surface area contributed by atoms with Crippen LogP contribution in [0, 0.1) is 0 Å². The average Bonchev–Trinajstić information content (AvgIpc) is 2.25. The van der Waals surface area contributed by atoms with Gasteiger partial charge >= 0.3 is 0 Å². The van der Waals surface area contributed by atoms with E-state index in [-0.39, 0.29) is 11.9 Å². The Hall–Kier alpha value is -1.58. The molecule has 4 heteroatoms. The molecular formula is C11H17N3O. The molecule has 4 nitrogen and oxygen atoms in total. The lowest BCUT2D eigenvalue weighted by atomic mass is 10.1. The topological polar surface area (TPSA) is 71.0 Å². The molecule has 1 unspecified atom stereocenters. The van der Waals surface area contributed by atoms with E-state index in [9.17, 15) is 5.11 Å². The predicted octanol–water partition coefficient (Wildman–Crippen LogP) is 1.94. The number of aliphatic hydroxyl groups is 1. The fraction of sp³-hybridized carbons (Fsp3) is 0.455. The van der Waals surface area contributed by atoms with Crippen molar-refractivity contribution >= 4 is 12.4 Å². The molecule has 0 spiro atoms. The van der Waals surface area contributed by atoms with Crippen LogP contribution in [-0.4, -0.2) is 23.6 Å². The Kier molecular flexibility index (Phi) is 4.09. The largest absolute Gasteiger partial charge is 0.495 e. The molecule has 15 heavy (non-hydrogen) atoms. The molecule has 1 atom stereocenters. The van der Waals surface area contributed by atoms with Gasteiger partial charge in [0.15, 0.2) is 5.88 Å². The molecule has 0 saturated carbocycles. The van der Waals surface area contributed by atoms with Crippen LogP contribution in [0.5, 0.6) is 0 Å². The second-order valence-corrected chi connectivity index (χ2v) is 3.33. The summed E-state index contributed by atoms with van der Waals surface area (Å²) in [6.07, 6.45) is 6.74. The Balaban J connectivity index is 2.95. The first-order valence-electron chi connectivity index (χ1n) is 5.14. The molecule has 1 heterocycles. The summed E-state index contributed by atoms with van der Waals surface area (Å²) in [6.45, 7) is 3.99. The lowest BCUT2D eigenvalue weighted by Gasteiger charge is -2.13. The van der Waals surface area contributed by atoms with Gasteiger partial charge in [-0.05, 0) is 18.9 Å². The number of allylic oxidation sites excluding steroid dienone is 2. The maximum absolute atomic E-state index is 9.22. The van der Waals surface area contributed by atoms with E-state index >= 15 is 0 Å². The molecular weight excluding hydrogens is 190 g/mol. The molecule has 0 aromatic heterocycles. The molecule has 1 aliphatic rings. The molecule has 3 N–H and O–H groups in total. The van der Waals surface area contributed by atoms with E-state index in [2.05, 4.69) is 9.98 Å². The summed E-state index contributed by atoms with van der Waals surface area (Å²) in [4.78, 5) is 8.53. The zero-order valence-electron chi connectivity index (χ0n) is 9.14. The van der Waals surface area contributed by atoms with Crippen LogP contribution in [0.3, 0.4) is 0 Å². The Morgan fingerprint density at radius 2 is 2.27 bits per heavy atom. The first-order chi connectivity index (χ1) is 7.19. The number of nitrogens with two attached hydrogens (primary N) is 1. The number of rotatable bonds is 3. The highest BCUT2D eigenvalue weighted by molar-refractivity contribution is 6.17. The van der Waals surface area contributed by atoms with Gasteiger partial charge in [-0.2, -0.15) is 0 Å². The van der Waals surface area contributed by atoms with E-state index in [1.807, 2.05) is 19.9 Å². The minimum atomic E-state index is -0.135. The summed E-state index contributed by atoms with van der Waals surface area (Å²) in [5.41, 5.74) is 6.91. The number of hydrogen-bond donors (Lipinski definition) is 2. The van der Waals surface area contributed by atoms with Crippen LogP contribution < -0.4 is 5.73 Å².